The first-order chi connectivity index (χ1) is 11.4. The molecule has 4 heteroatoms. The zero-order valence-corrected chi connectivity index (χ0v) is 14.9. The lowest BCUT2D eigenvalue weighted by Gasteiger charge is -2.34. The highest BCUT2D eigenvalue weighted by molar-refractivity contribution is 5.96. The van der Waals surface area contributed by atoms with Crippen LogP contribution in [-0.2, 0) is 0 Å². The van der Waals surface area contributed by atoms with Crippen LogP contribution in [0.2, 0.25) is 0 Å². The van der Waals surface area contributed by atoms with Gasteiger partial charge in [0.25, 0.3) is 5.91 Å². The molecule has 0 bridgehead atoms. The second kappa shape index (κ2) is 6.44. The summed E-state index contributed by atoms with van der Waals surface area (Å²) < 4.78 is 2.14. The molecule has 2 aromatic rings. The number of carbonyl (C=O) groups is 1. The maximum absolute atomic E-state index is 13.0. The van der Waals surface area contributed by atoms with Crippen molar-refractivity contribution >= 4 is 5.91 Å². The summed E-state index contributed by atoms with van der Waals surface area (Å²) in [6, 6.07) is 10.2. The molecule has 3 rings (SSSR count). The van der Waals surface area contributed by atoms with Gasteiger partial charge < -0.3 is 14.6 Å². The van der Waals surface area contributed by atoms with E-state index < -0.39 is 6.10 Å². The Morgan fingerprint density at radius 1 is 1.21 bits per heavy atom. The molecule has 2 heterocycles. The number of piperidine rings is 1. The summed E-state index contributed by atoms with van der Waals surface area (Å²) in [6.45, 7) is 9.28. The maximum Gasteiger partial charge on any atom is 0.255 e. The number of hydrogen-bond donors (Lipinski definition) is 1. The third-order valence-electron chi connectivity index (χ3n) is 5.22. The molecule has 0 saturated carbocycles. The first-order valence-corrected chi connectivity index (χ1v) is 8.62. The van der Waals surface area contributed by atoms with Crippen LogP contribution in [0.5, 0.6) is 0 Å². The third-order valence-corrected chi connectivity index (χ3v) is 5.22. The summed E-state index contributed by atoms with van der Waals surface area (Å²) in [6.07, 6.45) is 0.422. The van der Waals surface area contributed by atoms with Crippen LogP contribution in [0, 0.1) is 26.7 Å². The van der Waals surface area contributed by atoms with Gasteiger partial charge in [-0.15, -0.1) is 0 Å². The minimum Gasteiger partial charge on any atom is -0.391 e. The van der Waals surface area contributed by atoms with E-state index in [0.29, 0.717) is 13.1 Å². The van der Waals surface area contributed by atoms with Crippen LogP contribution < -0.4 is 0 Å². The summed E-state index contributed by atoms with van der Waals surface area (Å²) in [5.74, 6) is 0.280. The molecule has 4 nitrogen and oxygen atoms in total. The van der Waals surface area contributed by atoms with E-state index >= 15 is 0 Å². The Balaban J connectivity index is 1.95. The van der Waals surface area contributed by atoms with E-state index in [9.17, 15) is 9.90 Å². The van der Waals surface area contributed by atoms with Crippen LogP contribution in [0.1, 0.15) is 40.7 Å². The van der Waals surface area contributed by atoms with Gasteiger partial charge in [-0.25, -0.2) is 0 Å². The van der Waals surface area contributed by atoms with E-state index in [1.165, 1.54) is 5.56 Å². The molecule has 1 saturated heterocycles. The molecule has 1 aromatic carbocycles. The SMILES string of the molecule is Cc1ccccc1-n1c(C)cc(C(=O)N2CC[C@@H](C)[C@@H](O)C2)c1C. The average molecular weight is 326 g/mol. The number of rotatable bonds is 2. The van der Waals surface area contributed by atoms with Crippen molar-refractivity contribution < 1.29 is 9.90 Å². The molecule has 24 heavy (non-hydrogen) atoms. The smallest absolute Gasteiger partial charge is 0.255 e. The van der Waals surface area contributed by atoms with E-state index in [1.807, 2.05) is 39.0 Å². The number of para-hydroxylation sites is 1. The standard InChI is InChI=1S/C20H26N2O2/c1-13-7-5-6-8-18(13)22-15(3)11-17(16(22)4)20(24)21-10-9-14(2)19(23)12-21/h5-8,11,14,19,23H,9-10,12H2,1-4H3/t14-,19+/m1/s1. The fraction of sp³-hybridized carbons (Fsp3) is 0.450. The molecule has 0 radical (unpaired) electrons. The highest BCUT2D eigenvalue weighted by Gasteiger charge is 2.29. The van der Waals surface area contributed by atoms with Crippen molar-refractivity contribution in [1.29, 1.82) is 0 Å². The number of amides is 1. The van der Waals surface area contributed by atoms with Crippen molar-refractivity contribution in [3.05, 3.63) is 52.8 Å². The predicted octanol–water partition coefficient (Wildman–Crippen LogP) is 3.25. The molecule has 2 atom stereocenters. The number of aliphatic hydroxyl groups is 1. The second-order valence-corrected chi connectivity index (χ2v) is 6.99. The van der Waals surface area contributed by atoms with Crippen molar-refractivity contribution in [2.24, 2.45) is 5.92 Å². The zero-order chi connectivity index (χ0) is 17.4. The van der Waals surface area contributed by atoms with Crippen molar-refractivity contribution in [3.63, 3.8) is 0 Å². The summed E-state index contributed by atoms with van der Waals surface area (Å²) >= 11 is 0. The van der Waals surface area contributed by atoms with Gasteiger partial charge in [-0.3, -0.25) is 4.79 Å². The van der Waals surface area contributed by atoms with E-state index in [2.05, 4.69) is 23.6 Å². The fourth-order valence-corrected chi connectivity index (χ4v) is 3.57. The molecule has 1 N–H and O–H groups in total. The Morgan fingerprint density at radius 3 is 2.58 bits per heavy atom. The molecule has 1 fully saturated rings. The minimum absolute atomic E-state index is 0.0221. The molecule has 0 aliphatic carbocycles. The quantitative estimate of drug-likeness (QED) is 0.921. The van der Waals surface area contributed by atoms with Gasteiger partial charge in [0, 0.05) is 30.2 Å². The lowest BCUT2D eigenvalue weighted by atomic mass is 9.95. The van der Waals surface area contributed by atoms with Gasteiger partial charge in [-0.05, 0) is 50.8 Å². The first-order valence-electron chi connectivity index (χ1n) is 8.62. The van der Waals surface area contributed by atoms with E-state index in [-0.39, 0.29) is 11.8 Å². The largest absolute Gasteiger partial charge is 0.391 e. The predicted molar refractivity (Wildman–Crippen MR) is 95.7 cm³/mol. The van der Waals surface area contributed by atoms with Gasteiger partial charge in [-0.1, -0.05) is 25.1 Å². The number of carbonyl (C=O) groups excluding carboxylic acids is 1. The van der Waals surface area contributed by atoms with Crippen LogP contribution in [-0.4, -0.2) is 39.7 Å². The molecule has 0 unspecified atom stereocenters. The Labute approximate surface area is 143 Å². The molecule has 1 aromatic heterocycles. The van der Waals surface area contributed by atoms with Crippen molar-refractivity contribution in [1.82, 2.24) is 9.47 Å². The van der Waals surface area contributed by atoms with Gasteiger partial charge in [0.2, 0.25) is 0 Å². The molecular formula is C20H26N2O2. The van der Waals surface area contributed by atoms with Gasteiger partial charge >= 0.3 is 0 Å². The Kier molecular flexibility index (Phi) is 4.50. The molecule has 1 aliphatic heterocycles. The van der Waals surface area contributed by atoms with Crippen LogP contribution in [0.15, 0.2) is 30.3 Å². The lowest BCUT2D eigenvalue weighted by molar-refractivity contribution is 0.0248. The van der Waals surface area contributed by atoms with E-state index in [0.717, 1.165) is 29.1 Å². The number of aliphatic hydroxyl groups excluding tert-OH is 1. The molecule has 1 amide bonds. The number of nitrogens with zero attached hydrogens (tertiary/aromatic N) is 2. The van der Waals surface area contributed by atoms with Gasteiger partial charge in [0.15, 0.2) is 0 Å². The number of aromatic nitrogens is 1. The van der Waals surface area contributed by atoms with Crippen molar-refractivity contribution in [2.75, 3.05) is 13.1 Å². The second-order valence-electron chi connectivity index (χ2n) is 6.99. The van der Waals surface area contributed by atoms with Crippen LogP contribution >= 0.6 is 0 Å². The highest BCUT2D eigenvalue weighted by Crippen LogP contribution is 2.26. The zero-order valence-electron chi connectivity index (χ0n) is 14.9. The topological polar surface area (TPSA) is 45.5 Å². The summed E-state index contributed by atoms with van der Waals surface area (Å²) in [5, 5.41) is 10.1. The number of hydrogen-bond acceptors (Lipinski definition) is 2. The van der Waals surface area contributed by atoms with Crippen molar-refractivity contribution in [3.8, 4) is 5.69 Å². The summed E-state index contributed by atoms with van der Waals surface area (Å²) in [5.41, 5.74) is 5.04. The van der Waals surface area contributed by atoms with Crippen molar-refractivity contribution in [2.45, 2.75) is 40.2 Å². The maximum atomic E-state index is 13.0. The normalized spacial score (nSPS) is 21.1. The summed E-state index contributed by atoms with van der Waals surface area (Å²) in [4.78, 5) is 14.7. The Bertz CT molecular complexity index is 763. The number of likely N-dealkylation sites (tertiary alicyclic amines) is 1. The van der Waals surface area contributed by atoms with Gasteiger partial charge in [0.05, 0.1) is 11.7 Å². The lowest BCUT2D eigenvalue weighted by Crippen LogP contribution is -2.45. The molecule has 128 valence electrons. The van der Waals surface area contributed by atoms with E-state index in [1.54, 1.807) is 4.90 Å². The number of aryl methyl sites for hydroxylation is 2. The Hall–Kier alpha value is -2.07. The molecule has 1 aliphatic rings. The molecular weight excluding hydrogens is 300 g/mol. The van der Waals surface area contributed by atoms with Gasteiger partial charge in [0.1, 0.15) is 0 Å². The number of benzene rings is 1. The monoisotopic (exact) mass is 326 g/mol. The number of β-amino-alcohol motifs (C(OH)–C–C–N with tert-alkyl or cyclic N) is 1. The third kappa shape index (κ3) is 2.86. The minimum atomic E-state index is -0.428. The summed E-state index contributed by atoms with van der Waals surface area (Å²) in [7, 11) is 0. The fourth-order valence-electron chi connectivity index (χ4n) is 3.57. The van der Waals surface area contributed by atoms with E-state index in [4.69, 9.17) is 0 Å². The van der Waals surface area contributed by atoms with Crippen LogP contribution in [0.25, 0.3) is 5.69 Å². The van der Waals surface area contributed by atoms with Crippen LogP contribution in [0.3, 0.4) is 0 Å². The first kappa shape index (κ1) is 16.8. The average Bonchev–Trinajstić information content (AvgIpc) is 2.85. The Morgan fingerprint density at radius 2 is 1.92 bits per heavy atom. The highest BCUT2D eigenvalue weighted by atomic mass is 16.3. The van der Waals surface area contributed by atoms with Gasteiger partial charge in [-0.2, -0.15) is 0 Å². The van der Waals surface area contributed by atoms with Crippen LogP contribution in [0.4, 0.5) is 0 Å². The molecule has 0 spiro atoms.